The number of carboxylic acids is 1. The van der Waals surface area contributed by atoms with Crippen molar-refractivity contribution in [3.63, 3.8) is 0 Å². The van der Waals surface area contributed by atoms with Gasteiger partial charge < -0.3 is 59.1 Å². The Morgan fingerprint density at radius 1 is 0.685 bits per heavy atom. The number of rotatable bonds is 23. The first kappa shape index (κ1) is 47.1. The molecule has 0 heterocycles. The number of aliphatic imine (C=N–C) groups is 1. The molecule has 0 aliphatic carbocycles. The summed E-state index contributed by atoms with van der Waals surface area (Å²) >= 11 is 0. The van der Waals surface area contributed by atoms with Crippen LogP contribution in [0.4, 0.5) is 0 Å². The lowest BCUT2D eigenvalue weighted by Gasteiger charge is -2.29. The Morgan fingerprint density at radius 2 is 1.15 bits per heavy atom. The summed E-state index contributed by atoms with van der Waals surface area (Å²) in [5.41, 5.74) is 17.2. The Morgan fingerprint density at radius 3 is 1.59 bits per heavy atom. The van der Waals surface area contributed by atoms with Gasteiger partial charge in [0.15, 0.2) is 5.96 Å². The molecule has 0 aromatic heterocycles. The Bertz CT molecular complexity index is 1430. The van der Waals surface area contributed by atoms with Crippen molar-refractivity contribution in [1.82, 2.24) is 26.6 Å². The van der Waals surface area contributed by atoms with Crippen molar-refractivity contribution < 1.29 is 44.1 Å². The molecule has 0 bridgehead atoms. The van der Waals surface area contributed by atoms with Crippen LogP contribution in [0.3, 0.4) is 0 Å². The lowest BCUT2D eigenvalue weighted by atomic mass is 9.98. The Balaban J connectivity index is 3.31. The number of carboxylic acid groups (broad SMARTS) is 1. The van der Waals surface area contributed by atoms with E-state index in [2.05, 4.69) is 31.6 Å². The number of nitrogens with one attached hydrogen (secondary N) is 5. The SMILES string of the molecule is CC(C)CC(NC(=O)C(CC(C)C)NC(=O)C(N)C(C)O)C(=O)NC(CCCN=C(N)N)C(=O)NC(C(=O)NC(Cc1ccc(O)cc1)C(=O)O)C(C)C. The average Bonchev–Trinajstić information content (AvgIpc) is 3.06. The van der Waals surface area contributed by atoms with Crippen molar-refractivity contribution in [1.29, 1.82) is 0 Å². The minimum absolute atomic E-state index is 0.00644. The topological polar surface area (TPSA) is 314 Å². The number of nitrogens with two attached hydrogens (primary N) is 3. The summed E-state index contributed by atoms with van der Waals surface area (Å²) in [6.45, 7) is 12.1. The molecule has 54 heavy (non-hydrogen) atoms. The molecule has 7 atom stereocenters. The Hall–Kier alpha value is -4.97. The third-order valence-corrected chi connectivity index (χ3v) is 8.32. The van der Waals surface area contributed by atoms with Crippen LogP contribution in [0.2, 0.25) is 0 Å². The number of aromatic hydroxyl groups is 1. The van der Waals surface area contributed by atoms with Crippen LogP contribution in [0.25, 0.3) is 0 Å². The molecule has 0 aliphatic rings. The second-order valence-electron chi connectivity index (χ2n) is 14.7. The van der Waals surface area contributed by atoms with Gasteiger partial charge in [0, 0.05) is 13.0 Å². The van der Waals surface area contributed by atoms with Crippen LogP contribution < -0.4 is 43.8 Å². The summed E-state index contributed by atoms with van der Waals surface area (Å²) < 4.78 is 0. The largest absolute Gasteiger partial charge is 0.508 e. The number of aliphatic carboxylic acids is 1. The van der Waals surface area contributed by atoms with E-state index in [1.54, 1.807) is 13.8 Å². The van der Waals surface area contributed by atoms with Gasteiger partial charge in [-0.15, -0.1) is 0 Å². The third kappa shape index (κ3) is 17.2. The number of carbonyl (C=O) groups is 6. The number of guanidine groups is 1. The number of hydrogen-bond donors (Lipinski definition) is 11. The second kappa shape index (κ2) is 23.0. The fraction of sp³-hybridized carbons (Fsp3) is 0.639. The standard InChI is InChI=1S/C36H61N9O9/c1-18(2)15-25(42-32(50)26(16-19(3)4)43-33(51)28(37)21(7)46)31(49)41-24(9-8-14-40-36(38)39)30(48)45-29(20(5)6)34(52)44-27(35(53)54)17-22-10-12-23(47)13-11-22/h10-13,18-21,24-29,46-47H,8-9,14-17,37H2,1-7H3,(H,41,49)(H,42,50)(H,43,51)(H,44,52)(H,45,48)(H,53,54)(H4,38,39,40). The van der Waals surface area contributed by atoms with Crippen LogP contribution in [0.5, 0.6) is 5.75 Å². The van der Waals surface area contributed by atoms with Gasteiger partial charge in [0.2, 0.25) is 29.5 Å². The summed E-state index contributed by atoms with van der Waals surface area (Å²) in [4.78, 5) is 83.3. The van der Waals surface area contributed by atoms with Crippen LogP contribution in [-0.2, 0) is 35.2 Å². The predicted octanol–water partition coefficient (Wildman–Crippen LogP) is -1.05. The fourth-order valence-corrected chi connectivity index (χ4v) is 5.33. The van der Waals surface area contributed by atoms with Gasteiger partial charge >= 0.3 is 5.97 Å². The molecule has 0 saturated heterocycles. The van der Waals surface area contributed by atoms with E-state index in [-0.39, 0.29) is 62.2 Å². The molecule has 0 spiro atoms. The van der Waals surface area contributed by atoms with E-state index in [0.29, 0.717) is 5.56 Å². The van der Waals surface area contributed by atoms with Crippen LogP contribution in [0.1, 0.15) is 79.7 Å². The van der Waals surface area contributed by atoms with Gasteiger partial charge in [-0.1, -0.05) is 53.7 Å². The van der Waals surface area contributed by atoms with Gasteiger partial charge in [-0.3, -0.25) is 29.0 Å². The van der Waals surface area contributed by atoms with E-state index >= 15 is 0 Å². The number of nitrogens with zero attached hydrogens (tertiary/aromatic N) is 1. The van der Waals surface area contributed by atoms with Gasteiger partial charge in [-0.25, -0.2) is 4.79 Å². The van der Waals surface area contributed by atoms with Crippen molar-refractivity contribution in [2.24, 2.45) is 39.9 Å². The number of amides is 5. The van der Waals surface area contributed by atoms with E-state index in [0.717, 1.165) is 0 Å². The highest BCUT2D eigenvalue weighted by atomic mass is 16.4. The van der Waals surface area contributed by atoms with Crippen molar-refractivity contribution in [3.05, 3.63) is 29.8 Å². The van der Waals surface area contributed by atoms with Gasteiger partial charge in [0.25, 0.3) is 0 Å². The molecule has 1 rings (SSSR count). The smallest absolute Gasteiger partial charge is 0.326 e. The first-order valence-electron chi connectivity index (χ1n) is 18.1. The zero-order valence-electron chi connectivity index (χ0n) is 32.3. The maximum atomic E-state index is 13.8. The van der Waals surface area contributed by atoms with Gasteiger partial charge in [0.05, 0.1) is 6.10 Å². The predicted molar refractivity (Wildman–Crippen MR) is 202 cm³/mol. The molecular weight excluding hydrogens is 702 g/mol. The second-order valence-corrected chi connectivity index (χ2v) is 14.7. The number of carbonyl (C=O) groups excluding carboxylic acids is 5. The van der Waals surface area contributed by atoms with E-state index < -0.39 is 83.8 Å². The number of aliphatic hydroxyl groups excluding tert-OH is 1. The molecule has 18 heteroatoms. The minimum Gasteiger partial charge on any atom is -0.508 e. The molecule has 14 N–H and O–H groups in total. The average molecular weight is 764 g/mol. The van der Waals surface area contributed by atoms with E-state index in [9.17, 15) is 44.1 Å². The monoisotopic (exact) mass is 763 g/mol. The maximum Gasteiger partial charge on any atom is 0.326 e. The summed E-state index contributed by atoms with van der Waals surface area (Å²) in [6.07, 6.45) is -0.661. The lowest BCUT2D eigenvalue weighted by Crippen LogP contribution is -2.60. The normalized spacial score (nSPS) is 15.2. The van der Waals surface area contributed by atoms with Crippen molar-refractivity contribution in [2.75, 3.05) is 6.54 Å². The third-order valence-electron chi connectivity index (χ3n) is 8.32. The van der Waals surface area contributed by atoms with Crippen molar-refractivity contribution >= 4 is 41.5 Å². The molecule has 0 aliphatic heterocycles. The number of phenolic OH excluding ortho intramolecular Hbond substituents is 1. The molecule has 0 saturated carbocycles. The molecule has 0 fully saturated rings. The van der Waals surface area contributed by atoms with Crippen LogP contribution >= 0.6 is 0 Å². The molecule has 1 aromatic rings. The maximum absolute atomic E-state index is 13.8. The molecule has 5 amide bonds. The highest BCUT2D eigenvalue weighted by Crippen LogP contribution is 2.14. The highest BCUT2D eigenvalue weighted by molar-refractivity contribution is 5.96. The molecule has 1 aromatic carbocycles. The van der Waals surface area contributed by atoms with Crippen LogP contribution in [0.15, 0.2) is 29.3 Å². The summed E-state index contributed by atoms with van der Waals surface area (Å²) in [7, 11) is 0. The minimum atomic E-state index is -1.36. The van der Waals surface area contributed by atoms with Crippen molar-refractivity contribution in [2.45, 2.75) is 123 Å². The van der Waals surface area contributed by atoms with E-state index in [1.807, 2.05) is 27.7 Å². The molecule has 304 valence electrons. The van der Waals surface area contributed by atoms with E-state index in [4.69, 9.17) is 17.2 Å². The molecule has 18 nitrogen and oxygen atoms in total. The van der Waals surface area contributed by atoms with E-state index in [1.165, 1.54) is 31.2 Å². The first-order chi connectivity index (χ1) is 25.1. The number of benzene rings is 1. The van der Waals surface area contributed by atoms with Crippen LogP contribution in [0, 0.1) is 17.8 Å². The molecule has 7 unspecified atom stereocenters. The molecule has 0 radical (unpaired) electrons. The Labute approximate surface area is 316 Å². The van der Waals surface area contributed by atoms with Gasteiger partial charge in [-0.2, -0.15) is 0 Å². The number of phenols is 1. The van der Waals surface area contributed by atoms with Gasteiger partial charge in [-0.05, 0) is 68.1 Å². The number of hydrogen-bond acceptors (Lipinski definition) is 10. The van der Waals surface area contributed by atoms with Crippen LogP contribution in [-0.4, -0.2) is 106 Å². The summed E-state index contributed by atoms with van der Waals surface area (Å²) in [5, 5.41) is 42.2. The highest BCUT2D eigenvalue weighted by Gasteiger charge is 2.34. The summed E-state index contributed by atoms with van der Waals surface area (Å²) in [5.74, 6) is -5.80. The quantitative estimate of drug-likeness (QED) is 0.0362. The van der Waals surface area contributed by atoms with Gasteiger partial charge in [0.1, 0.15) is 42.0 Å². The summed E-state index contributed by atoms with van der Waals surface area (Å²) in [6, 6.07) is -1.50. The number of aliphatic hydroxyl groups is 1. The molecular formula is C36H61N9O9. The zero-order valence-corrected chi connectivity index (χ0v) is 32.3. The lowest BCUT2D eigenvalue weighted by molar-refractivity contribution is -0.142. The first-order valence-corrected chi connectivity index (χ1v) is 18.1. The zero-order chi connectivity index (χ0) is 41.3. The Kier molecular flexibility index (Phi) is 20.0. The fourth-order valence-electron chi connectivity index (χ4n) is 5.33. The van der Waals surface area contributed by atoms with Crippen molar-refractivity contribution in [3.8, 4) is 5.75 Å².